The van der Waals surface area contributed by atoms with Gasteiger partial charge in [0.1, 0.15) is 22.9 Å². The van der Waals surface area contributed by atoms with E-state index in [1.165, 1.54) is 19.2 Å². The number of oxime groups is 1. The number of nitrogens with one attached hydrogen (secondary N) is 2. The largest absolute Gasteiger partial charge is 0.457 e. The number of anilines is 1. The van der Waals surface area contributed by atoms with Crippen molar-refractivity contribution in [3.05, 3.63) is 11.1 Å². The second-order valence-electron chi connectivity index (χ2n) is 11.1. The molecule has 0 saturated carbocycles. The molecule has 2 rings (SSSR count). The molecule has 0 radical (unpaired) electrons. The summed E-state index contributed by atoms with van der Waals surface area (Å²) in [5.41, 5.74) is 1.57. The third-order valence-corrected chi connectivity index (χ3v) is 6.48. The number of aromatic nitrogens is 1. The van der Waals surface area contributed by atoms with Crippen molar-refractivity contribution in [2.45, 2.75) is 84.3 Å². The summed E-state index contributed by atoms with van der Waals surface area (Å²) in [5.74, 6) is -2.98. The number of carbonyl (C=O) groups excluding carboxylic acids is 4. The highest BCUT2D eigenvalue weighted by molar-refractivity contribution is 7.84. The van der Waals surface area contributed by atoms with Crippen molar-refractivity contribution >= 4 is 56.4 Å². The highest BCUT2D eigenvalue weighted by Crippen LogP contribution is 2.24. The zero-order valence-electron chi connectivity index (χ0n) is 23.3. The molecule has 0 aromatic carbocycles. The first-order chi connectivity index (χ1) is 18.1. The Morgan fingerprint density at radius 2 is 1.70 bits per heavy atom. The SMILES string of the molecule is CC(C)(C)OC(=O)Nc1nc(/C(=N/OC(C)(C)C(=O)OC(C)(C)C)C(=O)N[C@@H]2C(=O)N(S(=O)(=O)O)[C@@H]2CN)cs1. The first-order valence-corrected chi connectivity index (χ1v) is 14.1. The normalized spacial score (nSPS) is 18.5. The molecule has 2 heterocycles. The van der Waals surface area contributed by atoms with Gasteiger partial charge in [0.2, 0.25) is 5.60 Å². The van der Waals surface area contributed by atoms with E-state index in [4.69, 9.17) is 20.0 Å². The molecule has 1 fully saturated rings. The second kappa shape index (κ2) is 11.6. The number of amides is 3. The first kappa shape index (κ1) is 32.9. The van der Waals surface area contributed by atoms with Crippen LogP contribution in [-0.4, -0.2) is 87.3 Å². The smallest absolute Gasteiger partial charge is 0.413 e. The van der Waals surface area contributed by atoms with Gasteiger partial charge < -0.3 is 25.4 Å². The molecule has 1 aliphatic rings. The van der Waals surface area contributed by atoms with E-state index in [9.17, 15) is 32.1 Å². The number of β-lactam (4-membered cyclic amide) rings is 1. The summed E-state index contributed by atoms with van der Waals surface area (Å²) in [6.07, 6.45) is -0.810. The average molecular weight is 607 g/mol. The predicted molar refractivity (Wildman–Crippen MR) is 143 cm³/mol. The van der Waals surface area contributed by atoms with E-state index in [2.05, 4.69) is 20.8 Å². The quantitative estimate of drug-likeness (QED) is 0.101. The Labute approximate surface area is 235 Å². The molecule has 1 saturated heterocycles. The van der Waals surface area contributed by atoms with Crippen molar-refractivity contribution in [3.8, 4) is 0 Å². The lowest BCUT2D eigenvalue weighted by atomic mass is 9.98. The van der Waals surface area contributed by atoms with E-state index in [1.54, 1.807) is 41.5 Å². The number of nitrogens with two attached hydrogens (primary N) is 1. The van der Waals surface area contributed by atoms with Gasteiger partial charge >= 0.3 is 22.4 Å². The summed E-state index contributed by atoms with van der Waals surface area (Å²) in [6, 6.07) is -2.70. The molecule has 0 bridgehead atoms. The van der Waals surface area contributed by atoms with Crippen LogP contribution in [-0.2, 0) is 39.0 Å². The maximum atomic E-state index is 13.2. The molecule has 1 aromatic rings. The number of hydrogen-bond donors (Lipinski definition) is 4. The Morgan fingerprint density at radius 1 is 1.12 bits per heavy atom. The third kappa shape index (κ3) is 8.57. The number of ether oxygens (including phenoxy) is 2. The topological polar surface area (TPSA) is 229 Å². The van der Waals surface area contributed by atoms with Gasteiger partial charge in [-0.2, -0.15) is 8.42 Å². The number of esters is 1. The Bertz CT molecular complexity index is 1290. The van der Waals surface area contributed by atoms with Crippen molar-refractivity contribution in [1.29, 1.82) is 0 Å². The van der Waals surface area contributed by atoms with Crippen LogP contribution in [0, 0.1) is 0 Å². The van der Waals surface area contributed by atoms with Crippen LogP contribution in [0.2, 0.25) is 0 Å². The van der Waals surface area contributed by atoms with E-state index in [1.807, 2.05) is 0 Å². The van der Waals surface area contributed by atoms with Crippen LogP contribution >= 0.6 is 11.3 Å². The number of thiazole rings is 1. The molecule has 0 aliphatic carbocycles. The highest BCUT2D eigenvalue weighted by Gasteiger charge is 2.53. The predicted octanol–water partition coefficient (Wildman–Crippen LogP) is 0.788. The summed E-state index contributed by atoms with van der Waals surface area (Å²) in [4.78, 5) is 59.8. The van der Waals surface area contributed by atoms with Gasteiger partial charge in [-0.1, -0.05) is 5.16 Å². The molecule has 5 N–H and O–H groups in total. The van der Waals surface area contributed by atoms with Crippen LogP contribution in [0.25, 0.3) is 0 Å². The van der Waals surface area contributed by atoms with Gasteiger partial charge in [-0.3, -0.25) is 19.5 Å². The van der Waals surface area contributed by atoms with E-state index in [-0.39, 0.29) is 15.1 Å². The number of carbonyl (C=O) groups is 4. The summed E-state index contributed by atoms with van der Waals surface area (Å²) in [5, 5.41) is 9.86. The van der Waals surface area contributed by atoms with Crippen LogP contribution in [0.4, 0.5) is 9.93 Å². The summed E-state index contributed by atoms with van der Waals surface area (Å²) >= 11 is 0.907. The van der Waals surface area contributed by atoms with Crippen LogP contribution in [0.3, 0.4) is 0 Å². The fourth-order valence-corrected chi connectivity index (χ4v) is 4.61. The molecule has 224 valence electrons. The zero-order chi connectivity index (χ0) is 30.8. The lowest BCUT2D eigenvalue weighted by Gasteiger charge is -2.43. The van der Waals surface area contributed by atoms with Gasteiger partial charge in [0.25, 0.3) is 11.8 Å². The number of rotatable bonds is 9. The Balaban J connectivity index is 2.37. The number of hydrogen-bond acceptors (Lipinski definition) is 13. The van der Waals surface area contributed by atoms with Gasteiger partial charge in [0.05, 0.1) is 6.04 Å². The summed E-state index contributed by atoms with van der Waals surface area (Å²) < 4.78 is 42.9. The van der Waals surface area contributed by atoms with Gasteiger partial charge in [0.15, 0.2) is 10.8 Å². The van der Waals surface area contributed by atoms with E-state index in [0.717, 1.165) is 11.3 Å². The van der Waals surface area contributed by atoms with Crippen LogP contribution in [0.5, 0.6) is 0 Å². The highest BCUT2D eigenvalue weighted by atomic mass is 32.2. The first-order valence-electron chi connectivity index (χ1n) is 11.8. The molecule has 2 atom stereocenters. The molecule has 40 heavy (non-hydrogen) atoms. The molecule has 3 amide bonds. The maximum absolute atomic E-state index is 13.2. The molecular weight excluding hydrogens is 572 g/mol. The molecule has 0 unspecified atom stereocenters. The summed E-state index contributed by atoms with van der Waals surface area (Å²) in [6.45, 7) is 12.2. The standard InChI is InChI=1S/C22H34N6O10S2/c1-20(2,3)36-17(31)22(7,8)38-27-13(11-10-39-18(24-11)26-19(32)37-21(4,5)6)15(29)25-14-12(9-23)28(16(14)30)40(33,34)35/h10,12,14H,9,23H2,1-8H3,(H,25,29)(H,24,26,32)(H,33,34,35)/b27-13-/t12-,14+/m1/s1. The van der Waals surface area contributed by atoms with Crippen LogP contribution in [0.15, 0.2) is 10.5 Å². The van der Waals surface area contributed by atoms with Gasteiger partial charge in [-0.05, 0) is 55.4 Å². The molecular formula is C22H34N6O10S2. The molecule has 1 aliphatic heterocycles. The van der Waals surface area contributed by atoms with Gasteiger partial charge in [-0.25, -0.2) is 18.9 Å². The minimum atomic E-state index is -4.91. The molecule has 0 spiro atoms. The van der Waals surface area contributed by atoms with Gasteiger partial charge in [-0.15, -0.1) is 11.3 Å². The Hall–Kier alpha value is -3.35. The van der Waals surface area contributed by atoms with Crippen molar-refractivity contribution in [2.75, 3.05) is 11.9 Å². The number of nitrogens with zero attached hydrogens (tertiary/aromatic N) is 3. The van der Waals surface area contributed by atoms with E-state index in [0.29, 0.717) is 0 Å². The van der Waals surface area contributed by atoms with Crippen molar-refractivity contribution in [2.24, 2.45) is 10.9 Å². The van der Waals surface area contributed by atoms with Crippen molar-refractivity contribution in [3.63, 3.8) is 0 Å². The zero-order valence-corrected chi connectivity index (χ0v) is 24.9. The Kier molecular flexibility index (Phi) is 9.56. The van der Waals surface area contributed by atoms with E-state index >= 15 is 0 Å². The van der Waals surface area contributed by atoms with E-state index < -0.39 is 75.3 Å². The van der Waals surface area contributed by atoms with Crippen LogP contribution < -0.4 is 16.4 Å². The molecule has 18 heteroatoms. The maximum Gasteiger partial charge on any atom is 0.413 e. The van der Waals surface area contributed by atoms with Gasteiger partial charge in [0, 0.05) is 11.9 Å². The fourth-order valence-electron chi connectivity index (χ4n) is 3.04. The van der Waals surface area contributed by atoms with Crippen LogP contribution in [0.1, 0.15) is 61.1 Å². The summed E-state index contributed by atoms with van der Waals surface area (Å²) in [7, 11) is -4.91. The average Bonchev–Trinajstić information content (AvgIpc) is 3.19. The minimum Gasteiger partial charge on any atom is -0.457 e. The Morgan fingerprint density at radius 3 is 2.20 bits per heavy atom. The third-order valence-electron chi connectivity index (χ3n) is 4.77. The minimum absolute atomic E-state index is 0.0215. The monoisotopic (exact) mass is 606 g/mol. The fraction of sp³-hybridized carbons (Fsp3) is 0.636. The second-order valence-corrected chi connectivity index (χ2v) is 13.2. The lowest BCUT2D eigenvalue weighted by Crippen LogP contribution is -2.74. The van der Waals surface area contributed by atoms with Crippen molar-refractivity contribution < 1.29 is 46.5 Å². The molecule has 16 nitrogen and oxygen atoms in total. The molecule has 1 aromatic heterocycles. The van der Waals surface area contributed by atoms with Crippen molar-refractivity contribution in [1.82, 2.24) is 14.6 Å². The lowest BCUT2D eigenvalue weighted by molar-refractivity contribution is -0.179.